The standard InChI is InChI=1S/C29H31ClN2O6S2/c1-37-23-15-22(21(30)14-19(23)18-33)31-26(34)6-9-32-10-7-28(8-11-32)16-20(17-28)38-27(35)29(36,24-4-2-12-39-24)25-5-3-13-40-25/h2-5,12-15,18,20,36H,6-11,16-17H2,1H3,(H,31,34). The van der Waals surface area contributed by atoms with Crippen molar-refractivity contribution in [3.8, 4) is 5.75 Å². The monoisotopic (exact) mass is 602 g/mol. The van der Waals surface area contributed by atoms with E-state index in [2.05, 4.69) is 10.2 Å². The third-order valence-electron chi connectivity index (χ3n) is 7.94. The lowest BCUT2D eigenvalue weighted by Gasteiger charge is -2.51. The molecular weight excluding hydrogens is 572 g/mol. The number of piperidine rings is 1. The van der Waals surface area contributed by atoms with Crippen molar-refractivity contribution >= 4 is 58.1 Å². The molecule has 212 valence electrons. The number of aldehydes is 1. The normalized spacial score (nSPS) is 17.3. The predicted molar refractivity (Wildman–Crippen MR) is 155 cm³/mol. The average molecular weight is 603 g/mol. The second-order valence-electron chi connectivity index (χ2n) is 10.4. The van der Waals surface area contributed by atoms with Crippen LogP contribution in [0.4, 0.5) is 5.69 Å². The van der Waals surface area contributed by atoms with Gasteiger partial charge in [-0.2, -0.15) is 0 Å². The molecular formula is C29H31ClN2O6S2. The highest BCUT2D eigenvalue weighted by Crippen LogP contribution is 2.51. The second kappa shape index (κ2) is 12.0. The number of esters is 1. The van der Waals surface area contributed by atoms with E-state index in [-0.39, 0.29) is 22.4 Å². The molecule has 8 nitrogen and oxygen atoms in total. The summed E-state index contributed by atoms with van der Waals surface area (Å²) in [5, 5.41) is 18.2. The summed E-state index contributed by atoms with van der Waals surface area (Å²) in [7, 11) is 1.45. The molecule has 1 aliphatic carbocycles. The van der Waals surface area contributed by atoms with Gasteiger partial charge < -0.3 is 24.8 Å². The van der Waals surface area contributed by atoms with Gasteiger partial charge in [0.2, 0.25) is 11.5 Å². The number of methoxy groups -OCH3 is 1. The Hall–Kier alpha value is -2.76. The summed E-state index contributed by atoms with van der Waals surface area (Å²) in [5.41, 5.74) is -0.910. The molecule has 0 radical (unpaired) electrons. The van der Waals surface area contributed by atoms with Gasteiger partial charge in [0.25, 0.3) is 0 Å². The molecule has 0 unspecified atom stereocenters. The Balaban J connectivity index is 1.08. The molecule has 40 heavy (non-hydrogen) atoms. The average Bonchev–Trinajstić information content (AvgIpc) is 3.68. The van der Waals surface area contributed by atoms with Gasteiger partial charge in [-0.3, -0.25) is 9.59 Å². The van der Waals surface area contributed by atoms with Crippen molar-refractivity contribution in [3.63, 3.8) is 0 Å². The first kappa shape index (κ1) is 28.8. The van der Waals surface area contributed by atoms with Crippen LogP contribution in [0.25, 0.3) is 0 Å². The molecule has 1 saturated heterocycles. The lowest BCUT2D eigenvalue weighted by molar-refractivity contribution is -0.181. The summed E-state index contributed by atoms with van der Waals surface area (Å²) < 4.78 is 11.0. The summed E-state index contributed by atoms with van der Waals surface area (Å²) in [6.07, 6.45) is 4.28. The summed E-state index contributed by atoms with van der Waals surface area (Å²) in [5.74, 6) is -0.426. The Morgan fingerprint density at radius 3 is 2.38 bits per heavy atom. The van der Waals surface area contributed by atoms with Crippen molar-refractivity contribution in [3.05, 3.63) is 67.5 Å². The maximum Gasteiger partial charge on any atom is 0.349 e. The van der Waals surface area contributed by atoms with Gasteiger partial charge in [-0.15, -0.1) is 22.7 Å². The van der Waals surface area contributed by atoms with Crippen molar-refractivity contribution in [2.24, 2.45) is 5.41 Å². The van der Waals surface area contributed by atoms with Crippen LogP contribution in [0.1, 0.15) is 52.2 Å². The van der Waals surface area contributed by atoms with Gasteiger partial charge in [-0.05, 0) is 73.1 Å². The Morgan fingerprint density at radius 2 is 1.82 bits per heavy atom. The van der Waals surface area contributed by atoms with Crippen LogP contribution in [0, 0.1) is 5.41 Å². The Bertz CT molecular complexity index is 1310. The van der Waals surface area contributed by atoms with E-state index in [1.54, 1.807) is 18.2 Å². The number of ether oxygens (including phenoxy) is 2. The third-order valence-corrected chi connectivity index (χ3v) is 10.2. The van der Waals surface area contributed by atoms with Gasteiger partial charge in [0.15, 0.2) is 6.29 Å². The number of halogens is 1. The first-order valence-electron chi connectivity index (χ1n) is 13.1. The quantitative estimate of drug-likeness (QED) is 0.238. The number of aliphatic hydroxyl groups is 1. The number of benzene rings is 1. The minimum absolute atomic E-state index is 0.137. The minimum Gasteiger partial charge on any atom is -0.496 e. The van der Waals surface area contributed by atoms with Crippen LogP contribution >= 0.6 is 34.3 Å². The number of carbonyl (C=O) groups is 3. The van der Waals surface area contributed by atoms with Gasteiger partial charge in [0.1, 0.15) is 11.9 Å². The largest absolute Gasteiger partial charge is 0.496 e. The number of hydrogen-bond donors (Lipinski definition) is 2. The smallest absolute Gasteiger partial charge is 0.349 e. The van der Waals surface area contributed by atoms with Crippen LogP contribution in [0.3, 0.4) is 0 Å². The number of amides is 1. The molecule has 1 aromatic carbocycles. The number of rotatable bonds is 10. The van der Waals surface area contributed by atoms with Gasteiger partial charge in [-0.25, -0.2) is 4.79 Å². The second-order valence-corrected chi connectivity index (χ2v) is 12.7. The third kappa shape index (κ3) is 5.82. The zero-order valence-electron chi connectivity index (χ0n) is 22.1. The van der Waals surface area contributed by atoms with Gasteiger partial charge >= 0.3 is 5.97 Å². The first-order chi connectivity index (χ1) is 19.3. The zero-order valence-corrected chi connectivity index (χ0v) is 24.4. The molecule has 2 aromatic heterocycles. The van der Waals surface area contributed by atoms with E-state index < -0.39 is 11.6 Å². The Labute approximate surface area is 245 Å². The molecule has 2 N–H and O–H groups in total. The maximum atomic E-state index is 13.2. The zero-order chi connectivity index (χ0) is 28.3. The van der Waals surface area contributed by atoms with Crippen molar-refractivity contribution in [1.82, 2.24) is 4.90 Å². The molecule has 2 fully saturated rings. The minimum atomic E-state index is -1.78. The number of hydrogen-bond acceptors (Lipinski definition) is 9. The number of likely N-dealkylation sites (tertiary alicyclic amines) is 1. The maximum absolute atomic E-state index is 13.2. The number of nitrogens with zero attached hydrogens (tertiary/aromatic N) is 1. The summed E-state index contributed by atoms with van der Waals surface area (Å²) >= 11 is 8.90. The molecule has 1 spiro atoms. The molecule has 1 aliphatic heterocycles. The number of anilines is 1. The van der Waals surface area contributed by atoms with Crippen molar-refractivity contribution < 1.29 is 29.0 Å². The lowest BCUT2D eigenvalue weighted by atomic mass is 9.61. The fourth-order valence-corrected chi connectivity index (χ4v) is 7.52. The number of carbonyl (C=O) groups excluding carboxylic acids is 3. The highest BCUT2D eigenvalue weighted by Gasteiger charge is 2.51. The van der Waals surface area contributed by atoms with E-state index in [4.69, 9.17) is 21.1 Å². The van der Waals surface area contributed by atoms with Crippen molar-refractivity contribution in [2.75, 3.05) is 32.1 Å². The Morgan fingerprint density at radius 1 is 1.18 bits per heavy atom. The first-order valence-corrected chi connectivity index (χ1v) is 15.3. The van der Waals surface area contributed by atoms with Crippen LogP contribution in [0.15, 0.2) is 47.2 Å². The SMILES string of the molecule is COc1cc(NC(=O)CCN2CCC3(CC2)CC(OC(=O)C(O)(c2cccs2)c2cccs2)C3)c(Cl)cc1C=O. The molecule has 1 amide bonds. The van der Waals surface area contributed by atoms with Crippen LogP contribution in [0.5, 0.6) is 5.75 Å². The Kier molecular flexibility index (Phi) is 8.63. The van der Waals surface area contributed by atoms with E-state index in [0.717, 1.165) is 38.8 Å². The fraction of sp³-hybridized carbons (Fsp3) is 0.414. The van der Waals surface area contributed by atoms with Crippen molar-refractivity contribution in [2.45, 2.75) is 43.8 Å². The fourth-order valence-electron chi connectivity index (χ4n) is 5.58. The molecule has 0 bridgehead atoms. The van der Waals surface area contributed by atoms with E-state index in [1.165, 1.54) is 35.8 Å². The van der Waals surface area contributed by atoms with E-state index in [9.17, 15) is 19.5 Å². The molecule has 0 atom stereocenters. The van der Waals surface area contributed by atoms with Crippen molar-refractivity contribution in [1.29, 1.82) is 0 Å². The van der Waals surface area contributed by atoms with E-state index in [0.29, 0.717) is 46.0 Å². The van der Waals surface area contributed by atoms with Gasteiger partial charge in [-0.1, -0.05) is 23.7 Å². The van der Waals surface area contributed by atoms with E-state index >= 15 is 0 Å². The molecule has 2 aliphatic rings. The van der Waals surface area contributed by atoms with Crippen LogP contribution in [-0.2, 0) is 19.9 Å². The summed E-state index contributed by atoms with van der Waals surface area (Å²) in [6.45, 7) is 2.35. The molecule has 5 rings (SSSR count). The van der Waals surface area contributed by atoms with Gasteiger partial charge in [0, 0.05) is 19.0 Å². The van der Waals surface area contributed by atoms with Crippen LogP contribution in [0.2, 0.25) is 5.02 Å². The van der Waals surface area contributed by atoms with Gasteiger partial charge in [0.05, 0.1) is 33.1 Å². The number of thiophene rings is 2. The summed E-state index contributed by atoms with van der Waals surface area (Å²) in [4.78, 5) is 40.3. The topological polar surface area (TPSA) is 105 Å². The van der Waals surface area contributed by atoms with E-state index in [1.807, 2.05) is 22.9 Å². The van der Waals surface area contributed by atoms with Crippen LogP contribution < -0.4 is 10.1 Å². The molecule has 3 aromatic rings. The van der Waals surface area contributed by atoms with Crippen LogP contribution in [-0.4, -0.2) is 61.0 Å². The highest BCUT2D eigenvalue weighted by molar-refractivity contribution is 7.12. The summed E-state index contributed by atoms with van der Waals surface area (Å²) in [6, 6.07) is 10.2. The number of nitrogens with one attached hydrogen (secondary N) is 1. The molecule has 3 heterocycles. The predicted octanol–water partition coefficient (Wildman–Crippen LogP) is 5.34. The molecule has 1 saturated carbocycles. The highest BCUT2D eigenvalue weighted by atomic mass is 35.5. The molecule has 11 heteroatoms. The lowest BCUT2D eigenvalue weighted by Crippen LogP contribution is -2.52.